The van der Waals surface area contributed by atoms with Crippen LogP contribution in [0.15, 0.2) is 31.0 Å². The molecule has 0 fully saturated rings. The highest BCUT2D eigenvalue weighted by atomic mass is 15.4. The van der Waals surface area contributed by atoms with Gasteiger partial charge in [0.1, 0.15) is 0 Å². The van der Waals surface area contributed by atoms with E-state index in [9.17, 15) is 0 Å². The molecule has 1 N–H and O–H groups in total. The molecule has 0 saturated heterocycles. The number of aromatic nitrogens is 6. The van der Waals surface area contributed by atoms with E-state index in [0.717, 1.165) is 23.2 Å². The standard InChI is InChI=1S/C12H15N7/c1-13-11(5-9-8-18(2)17-16-9)10-6-15-19-4-3-14-7-12(10)19/h3-4,6-8,11,13H,5H2,1-2H3. The Morgan fingerprint density at radius 1 is 1.37 bits per heavy atom. The van der Waals surface area contributed by atoms with Gasteiger partial charge in [-0.3, -0.25) is 9.67 Å². The van der Waals surface area contributed by atoms with Gasteiger partial charge in [0.15, 0.2) is 0 Å². The number of nitrogens with zero attached hydrogens (tertiary/aromatic N) is 6. The molecule has 0 saturated carbocycles. The molecule has 0 spiro atoms. The van der Waals surface area contributed by atoms with E-state index >= 15 is 0 Å². The molecule has 0 bridgehead atoms. The number of rotatable bonds is 4. The molecule has 1 unspecified atom stereocenters. The number of nitrogens with one attached hydrogen (secondary N) is 1. The third kappa shape index (κ3) is 2.19. The van der Waals surface area contributed by atoms with Gasteiger partial charge in [0.05, 0.1) is 23.6 Å². The van der Waals surface area contributed by atoms with Crippen LogP contribution in [0.4, 0.5) is 0 Å². The molecule has 3 aromatic heterocycles. The molecule has 3 aromatic rings. The van der Waals surface area contributed by atoms with Crippen LogP contribution in [0.25, 0.3) is 5.52 Å². The van der Waals surface area contributed by atoms with Crippen molar-refractivity contribution in [1.29, 1.82) is 0 Å². The van der Waals surface area contributed by atoms with Crippen LogP contribution in [-0.4, -0.2) is 36.6 Å². The zero-order chi connectivity index (χ0) is 13.2. The monoisotopic (exact) mass is 257 g/mol. The quantitative estimate of drug-likeness (QED) is 0.730. The Morgan fingerprint density at radius 3 is 3.00 bits per heavy atom. The molecule has 1 atom stereocenters. The summed E-state index contributed by atoms with van der Waals surface area (Å²) in [5, 5.41) is 15.7. The summed E-state index contributed by atoms with van der Waals surface area (Å²) in [7, 11) is 3.80. The molecule has 7 nitrogen and oxygen atoms in total. The van der Waals surface area contributed by atoms with Crippen molar-refractivity contribution in [3.05, 3.63) is 42.2 Å². The third-order valence-electron chi connectivity index (χ3n) is 3.14. The molecule has 0 aliphatic carbocycles. The predicted molar refractivity (Wildman–Crippen MR) is 69.5 cm³/mol. The molecule has 0 amide bonds. The minimum atomic E-state index is 0.137. The van der Waals surface area contributed by atoms with Crippen LogP contribution in [0.2, 0.25) is 0 Å². The van der Waals surface area contributed by atoms with Crippen molar-refractivity contribution in [3.8, 4) is 0 Å². The fraction of sp³-hybridized carbons (Fsp3) is 0.333. The molecule has 3 heterocycles. The first kappa shape index (κ1) is 11.8. The SMILES string of the molecule is CNC(Cc1cn(C)nn1)c1cnn2ccncc12. The zero-order valence-electron chi connectivity index (χ0n) is 10.9. The summed E-state index contributed by atoms with van der Waals surface area (Å²) in [6.07, 6.45) is 9.95. The van der Waals surface area contributed by atoms with Gasteiger partial charge >= 0.3 is 0 Å². The molecular weight excluding hydrogens is 242 g/mol. The molecule has 7 heteroatoms. The van der Waals surface area contributed by atoms with E-state index in [1.807, 2.05) is 43.4 Å². The minimum Gasteiger partial charge on any atom is -0.313 e. The largest absolute Gasteiger partial charge is 0.313 e. The van der Waals surface area contributed by atoms with E-state index in [4.69, 9.17) is 0 Å². The van der Waals surface area contributed by atoms with Crippen LogP contribution in [-0.2, 0) is 13.5 Å². The van der Waals surface area contributed by atoms with Crippen LogP contribution >= 0.6 is 0 Å². The van der Waals surface area contributed by atoms with Crippen molar-refractivity contribution in [2.24, 2.45) is 7.05 Å². The highest BCUT2D eigenvalue weighted by molar-refractivity contribution is 5.53. The van der Waals surface area contributed by atoms with Gasteiger partial charge in [0.2, 0.25) is 0 Å². The lowest BCUT2D eigenvalue weighted by Crippen LogP contribution is -2.19. The summed E-state index contributed by atoms with van der Waals surface area (Å²) in [5.74, 6) is 0. The van der Waals surface area contributed by atoms with Gasteiger partial charge in [-0.2, -0.15) is 5.10 Å². The summed E-state index contributed by atoms with van der Waals surface area (Å²) in [4.78, 5) is 4.15. The summed E-state index contributed by atoms with van der Waals surface area (Å²) in [5.41, 5.74) is 3.07. The minimum absolute atomic E-state index is 0.137. The zero-order valence-corrected chi connectivity index (χ0v) is 10.9. The first-order valence-corrected chi connectivity index (χ1v) is 6.07. The van der Waals surface area contributed by atoms with E-state index in [2.05, 4.69) is 25.7 Å². The third-order valence-corrected chi connectivity index (χ3v) is 3.14. The predicted octanol–water partition coefficient (Wildman–Crippen LogP) is 0.361. The van der Waals surface area contributed by atoms with Gasteiger partial charge in [0.25, 0.3) is 0 Å². The van der Waals surface area contributed by atoms with Crippen molar-refractivity contribution in [2.45, 2.75) is 12.5 Å². The van der Waals surface area contributed by atoms with Crippen LogP contribution in [0.5, 0.6) is 0 Å². The highest BCUT2D eigenvalue weighted by Crippen LogP contribution is 2.21. The molecule has 0 aliphatic heterocycles. The van der Waals surface area contributed by atoms with E-state index in [1.54, 1.807) is 10.9 Å². The first-order chi connectivity index (χ1) is 9.28. The Balaban J connectivity index is 1.93. The molecule has 3 rings (SSSR count). The number of fused-ring (bicyclic) bond motifs is 1. The number of hydrogen-bond donors (Lipinski definition) is 1. The van der Waals surface area contributed by atoms with Crippen LogP contribution < -0.4 is 5.32 Å². The van der Waals surface area contributed by atoms with Gasteiger partial charge in [-0.25, -0.2) is 4.52 Å². The maximum Gasteiger partial charge on any atom is 0.0892 e. The van der Waals surface area contributed by atoms with Gasteiger partial charge in [-0.1, -0.05) is 5.21 Å². The maximum atomic E-state index is 4.33. The Labute approximate surface area is 110 Å². The summed E-state index contributed by atoms with van der Waals surface area (Å²) >= 11 is 0. The van der Waals surface area contributed by atoms with Crippen LogP contribution in [0, 0.1) is 0 Å². The van der Waals surface area contributed by atoms with Gasteiger partial charge < -0.3 is 5.32 Å². The van der Waals surface area contributed by atoms with E-state index in [-0.39, 0.29) is 6.04 Å². The average Bonchev–Trinajstić information content (AvgIpc) is 3.02. The number of aryl methyl sites for hydroxylation is 1. The van der Waals surface area contributed by atoms with E-state index < -0.39 is 0 Å². The fourth-order valence-electron chi connectivity index (χ4n) is 2.19. The van der Waals surface area contributed by atoms with Crippen molar-refractivity contribution in [1.82, 2.24) is 34.9 Å². The molecule has 0 radical (unpaired) electrons. The molecular formula is C12H15N7. The second-order valence-corrected chi connectivity index (χ2v) is 4.43. The molecule has 19 heavy (non-hydrogen) atoms. The smallest absolute Gasteiger partial charge is 0.0892 e. The van der Waals surface area contributed by atoms with Crippen molar-refractivity contribution < 1.29 is 0 Å². The Bertz CT molecular complexity index is 684. The topological polar surface area (TPSA) is 72.9 Å². The van der Waals surface area contributed by atoms with Gasteiger partial charge in [-0.15, -0.1) is 5.10 Å². The fourth-order valence-corrected chi connectivity index (χ4v) is 2.19. The van der Waals surface area contributed by atoms with E-state index in [1.165, 1.54) is 0 Å². The second-order valence-electron chi connectivity index (χ2n) is 4.43. The van der Waals surface area contributed by atoms with Crippen molar-refractivity contribution >= 4 is 5.52 Å². The first-order valence-electron chi connectivity index (χ1n) is 6.07. The van der Waals surface area contributed by atoms with Crippen LogP contribution in [0.1, 0.15) is 17.3 Å². The van der Waals surface area contributed by atoms with Crippen molar-refractivity contribution in [3.63, 3.8) is 0 Å². The van der Waals surface area contributed by atoms with E-state index in [0.29, 0.717) is 0 Å². The van der Waals surface area contributed by atoms with Crippen molar-refractivity contribution in [2.75, 3.05) is 7.05 Å². The number of hydrogen-bond acceptors (Lipinski definition) is 5. The summed E-state index contributed by atoms with van der Waals surface area (Å²) in [6.45, 7) is 0. The number of likely N-dealkylation sites (N-methyl/N-ethyl adjacent to an activating group) is 1. The van der Waals surface area contributed by atoms with Gasteiger partial charge in [-0.05, 0) is 7.05 Å². The Hall–Kier alpha value is -2.28. The van der Waals surface area contributed by atoms with Gasteiger partial charge in [0, 0.05) is 43.7 Å². The van der Waals surface area contributed by atoms with Crippen LogP contribution in [0.3, 0.4) is 0 Å². The Morgan fingerprint density at radius 2 is 2.26 bits per heavy atom. The molecule has 0 aliphatic rings. The highest BCUT2D eigenvalue weighted by Gasteiger charge is 2.16. The maximum absolute atomic E-state index is 4.33. The normalized spacial score (nSPS) is 12.9. The lowest BCUT2D eigenvalue weighted by atomic mass is 10.0. The summed E-state index contributed by atoms with van der Waals surface area (Å²) < 4.78 is 3.53. The Kier molecular flexibility index (Phi) is 2.96. The molecule has 98 valence electrons. The molecule has 0 aromatic carbocycles. The lowest BCUT2D eigenvalue weighted by molar-refractivity contribution is 0.587. The average molecular weight is 257 g/mol. The second kappa shape index (κ2) is 4.77. The summed E-state index contributed by atoms with van der Waals surface area (Å²) in [6, 6.07) is 0.137. The lowest BCUT2D eigenvalue weighted by Gasteiger charge is -2.13.